The maximum atomic E-state index is 12.5. The van der Waals surface area contributed by atoms with Crippen LogP contribution >= 0.6 is 0 Å². The van der Waals surface area contributed by atoms with Crippen molar-refractivity contribution in [2.24, 2.45) is 5.92 Å². The topological polar surface area (TPSA) is 100 Å². The maximum Gasteiger partial charge on any atom is 0.313 e. The van der Waals surface area contributed by atoms with Gasteiger partial charge in [-0.2, -0.15) is 0 Å². The Kier molecular flexibility index (Phi) is 7.44. The Hall–Kier alpha value is -3.09. The highest BCUT2D eigenvalue weighted by molar-refractivity contribution is 6.40. The number of furan rings is 1. The van der Waals surface area contributed by atoms with E-state index in [0.29, 0.717) is 18.2 Å². The lowest BCUT2D eigenvalue weighted by Crippen LogP contribution is -2.37. The van der Waals surface area contributed by atoms with Gasteiger partial charge in [0.15, 0.2) is 0 Å². The van der Waals surface area contributed by atoms with Crippen molar-refractivity contribution in [1.82, 2.24) is 10.6 Å². The van der Waals surface area contributed by atoms with E-state index < -0.39 is 11.8 Å². The van der Waals surface area contributed by atoms with E-state index in [1.54, 1.807) is 36.4 Å². The van der Waals surface area contributed by atoms with Crippen LogP contribution in [0.3, 0.4) is 0 Å². The summed E-state index contributed by atoms with van der Waals surface area (Å²) in [7, 11) is 0. The molecule has 0 atom stereocenters. The predicted octanol–water partition coefficient (Wildman–Crippen LogP) is 3.23. The lowest BCUT2D eigenvalue weighted by molar-refractivity contribution is -0.136. The van der Waals surface area contributed by atoms with Crippen LogP contribution in [-0.2, 0) is 16.1 Å². The number of benzene rings is 1. The standard InChI is InChI=1S/C22H27N3O4/c26-20(24-15-17-9-6-14-29-17)18-10-4-5-11-19(18)25-22(28)21(27)23-13-12-16-7-2-1-3-8-16/h4-6,9-11,14,16H,1-3,7-8,12-13,15H2,(H,23,27)(H,24,26)(H,25,28). The third kappa shape index (κ3) is 6.20. The first-order valence-electron chi connectivity index (χ1n) is 10.1. The van der Waals surface area contributed by atoms with Gasteiger partial charge in [-0.15, -0.1) is 0 Å². The predicted molar refractivity (Wildman–Crippen MR) is 109 cm³/mol. The zero-order valence-corrected chi connectivity index (χ0v) is 16.4. The number of carbonyl (C=O) groups is 3. The van der Waals surface area contributed by atoms with E-state index in [-0.39, 0.29) is 23.7 Å². The third-order valence-electron chi connectivity index (χ3n) is 5.19. The maximum absolute atomic E-state index is 12.5. The van der Waals surface area contributed by atoms with Crippen molar-refractivity contribution in [3.63, 3.8) is 0 Å². The van der Waals surface area contributed by atoms with Crippen LogP contribution in [0.2, 0.25) is 0 Å². The second-order valence-corrected chi connectivity index (χ2v) is 7.31. The zero-order chi connectivity index (χ0) is 20.5. The van der Waals surface area contributed by atoms with E-state index in [1.165, 1.54) is 38.4 Å². The first-order valence-corrected chi connectivity index (χ1v) is 10.1. The molecule has 3 rings (SSSR count). The molecule has 29 heavy (non-hydrogen) atoms. The lowest BCUT2D eigenvalue weighted by Gasteiger charge is -2.21. The number of para-hydroxylation sites is 1. The molecule has 1 aromatic carbocycles. The molecule has 154 valence electrons. The van der Waals surface area contributed by atoms with Crippen LogP contribution < -0.4 is 16.0 Å². The molecule has 1 heterocycles. The molecule has 1 aliphatic carbocycles. The van der Waals surface area contributed by atoms with E-state index in [4.69, 9.17) is 4.42 Å². The minimum atomic E-state index is -0.778. The summed E-state index contributed by atoms with van der Waals surface area (Å²) >= 11 is 0. The molecule has 0 unspecified atom stereocenters. The molecule has 0 radical (unpaired) electrons. The molecular weight excluding hydrogens is 370 g/mol. The van der Waals surface area contributed by atoms with Gasteiger partial charge in [0, 0.05) is 6.54 Å². The van der Waals surface area contributed by atoms with Crippen LogP contribution in [0.1, 0.15) is 54.6 Å². The fraction of sp³-hybridized carbons (Fsp3) is 0.409. The normalized spacial score (nSPS) is 14.2. The Balaban J connectivity index is 1.50. The van der Waals surface area contributed by atoms with E-state index in [9.17, 15) is 14.4 Å². The van der Waals surface area contributed by atoms with Crippen molar-refractivity contribution in [3.05, 3.63) is 54.0 Å². The number of anilines is 1. The number of nitrogens with one attached hydrogen (secondary N) is 3. The van der Waals surface area contributed by atoms with Crippen LogP contribution in [0, 0.1) is 5.92 Å². The minimum absolute atomic E-state index is 0.232. The molecule has 1 aliphatic rings. The van der Waals surface area contributed by atoms with E-state index in [0.717, 1.165) is 6.42 Å². The van der Waals surface area contributed by atoms with Crippen molar-refractivity contribution < 1.29 is 18.8 Å². The van der Waals surface area contributed by atoms with Crippen LogP contribution in [-0.4, -0.2) is 24.3 Å². The van der Waals surface area contributed by atoms with Crippen molar-refractivity contribution in [1.29, 1.82) is 0 Å². The molecule has 3 amide bonds. The zero-order valence-electron chi connectivity index (χ0n) is 16.4. The molecule has 3 N–H and O–H groups in total. The first kappa shape index (κ1) is 20.6. The Labute approximate surface area is 170 Å². The van der Waals surface area contributed by atoms with Gasteiger partial charge in [0.25, 0.3) is 5.91 Å². The summed E-state index contributed by atoms with van der Waals surface area (Å²) in [6.07, 6.45) is 8.61. The number of carbonyl (C=O) groups excluding carboxylic acids is 3. The number of rotatable bonds is 7. The molecule has 0 aliphatic heterocycles. The molecule has 0 spiro atoms. The number of amides is 3. The molecule has 7 heteroatoms. The number of hydrogen-bond acceptors (Lipinski definition) is 4. The van der Waals surface area contributed by atoms with Gasteiger partial charge in [0.2, 0.25) is 0 Å². The highest BCUT2D eigenvalue weighted by Crippen LogP contribution is 2.25. The van der Waals surface area contributed by atoms with Gasteiger partial charge in [-0.05, 0) is 36.6 Å². The molecule has 1 fully saturated rings. The molecule has 2 aromatic rings. The Morgan fingerprint density at radius 1 is 0.931 bits per heavy atom. The Morgan fingerprint density at radius 2 is 1.72 bits per heavy atom. The van der Waals surface area contributed by atoms with Gasteiger partial charge in [-0.3, -0.25) is 14.4 Å². The second-order valence-electron chi connectivity index (χ2n) is 7.31. The summed E-state index contributed by atoms with van der Waals surface area (Å²) in [5, 5.41) is 7.95. The average Bonchev–Trinajstić information content (AvgIpc) is 3.27. The van der Waals surface area contributed by atoms with E-state index >= 15 is 0 Å². The van der Waals surface area contributed by atoms with Crippen LogP contribution in [0.25, 0.3) is 0 Å². The highest BCUT2D eigenvalue weighted by Gasteiger charge is 2.19. The van der Waals surface area contributed by atoms with Gasteiger partial charge in [-0.1, -0.05) is 44.2 Å². The lowest BCUT2D eigenvalue weighted by atomic mass is 9.87. The smallest absolute Gasteiger partial charge is 0.313 e. The first-order chi connectivity index (χ1) is 14.1. The van der Waals surface area contributed by atoms with Crippen molar-refractivity contribution in [2.45, 2.75) is 45.1 Å². The molecule has 1 saturated carbocycles. The fourth-order valence-corrected chi connectivity index (χ4v) is 3.59. The van der Waals surface area contributed by atoms with Gasteiger partial charge in [-0.25, -0.2) is 0 Å². The second kappa shape index (κ2) is 10.5. The highest BCUT2D eigenvalue weighted by atomic mass is 16.3. The molecule has 7 nitrogen and oxygen atoms in total. The molecular formula is C22H27N3O4. The van der Waals surface area contributed by atoms with Crippen LogP contribution in [0.5, 0.6) is 0 Å². The monoisotopic (exact) mass is 397 g/mol. The molecule has 1 aromatic heterocycles. The summed E-state index contributed by atoms with van der Waals surface area (Å²) < 4.78 is 5.19. The largest absolute Gasteiger partial charge is 0.467 e. The summed E-state index contributed by atoms with van der Waals surface area (Å²) in [4.78, 5) is 36.8. The Bertz CT molecular complexity index is 826. The van der Waals surface area contributed by atoms with Crippen molar-refractivity contribution >= 4 is 23.4 Å². The summed E-state index contributed by atoms with van der Waals surface area (Å²) in [5.74, 6) is -0.579. The summed E-state index contributed by atoms with van der Waals surface area (Å²) in [6, 6.07) is 10.1. The third-order valence-corrected chi connectivity index (χ3v) is 5.19. The van der Waals surface area contributed by atoms with E-state index in [2.05, 4.69) is 16.0 Å². The van der Waals surface area contributed by atoms with Crippen LogP contribution in [0.4, 0.5) is 5.69 Å². The average molecular weight is 397 g/mol. The van der Waals surface area contributed by atoms with Crippen LogP contribution in [0.15, 0.2) is 47.1 Å². The fourth-order valence-electron chi connectivity index (χ4n) is 3.59. The van der Waals surface area contributed by atoms with Gasteiger partial charge >= 0.3 is 11.8 Å². The summed E-state index contributed by atoms with van der Waals surface area (Å²) in [5.41, 5.74) is 0.569. The van der Waals surface area contributed by atoms with E-state index in [1.807, 2.05) is 0 Å². The quantitative estimate of drug-likeness (QED) is 0.625. The minimum Gasteiger partial charge on any atom is -0.467 e. The van der Waals surface area contributed by atoms with Crippen molar-refractivity contribution in [3.8, 4) is 0 Å². The summed E-state index contributed by atoms with van der Waals surface area (Å²) in [6.45, 7) is 0.720. The Morgan fingerprint density at radius 3 is 2.48 bits per heavy atom. The molecule has 0 saturated heterocycles. The van der Waals surface area contributed by atoms with Gasteiger partial charge in [0.05, 0.1) is 24.1 Å². The van der Waals surface area contributed by atoms with Gasteiger partial charge < -0.3 is 20.4 Å². The molecule has 0 bridgehead atoms. The SMILES string of the molecule is O=C(NCCC1CCCCC1)C(=O)Nc1ccccc1C(=O)NCc1ccco1. The van der Waals surface area contributed by atoms with Gasteiger partial charge in [0.1, 0.15) is 5.76 Å². The number of hydrogen-bond donors (Lipinski definition) is 3. The van der Waals surface area contributed by atoms with Crippen molar-refractivity contribution in [2.75, 3.05) is 11.9 Å².